The molecule has 1 aromatic rings. The Kier molecular flexibility index (Phi) is 3.02. The first-order chi connectivity index (χ1) is 10.6. The Balaban J connectivity index is 1.86. The summed E-state index contributed by atoms with van der Waals surface area (Å²) < 4.78 is 5.49. The molecule has 0 radical (unpaired) electrons. The fraction of sp³-hybridized carbons (Fsp3) is 0.500. The summed E-state index contributed by atoms with van der Waals surface area (Å²) in [5.41, 5.74) is 8.62. The van der Waals surface area contributed by atoms with E-state index in [1.807, 2.05) is 0 Å². The van der Waals surface area contributed by atoms with E-state index in [-0.39, 0.29) is 11.5 Å². The fourth-order valence-corrected chi connectivity index (χ4v) is 4.76. The van der Waals surface area contributed by atoms with Gasteiger partial charge in [0.05, 0.1) is 13.2 Å². The van der Waals surface area contributed by atoms with Gasteiger partial charge in [-0.25, -0.2) is 0 Å². The van der Waals surface area contributed by atoms with Crippen molar-refractivity contribution in [1.29, 1.82) is 0 Å². The van der Waals surface area contributed by atoms with Crippen LogP contribution in [-0.2, 0) is 6.42 Å². The van der Waals surface area contributed by atoms with E-state index in [0.717, 1.165) is 37.9 Å². The molecule has 0 heterocycles. The van der Waals surface area contributed by atoms with Crippen molar-refractivity contribution in [1.82, 2.24) is 0 Å². The molecule has 0 aliphatic heterocycles. The van der Waals surface area contributed by atoms with Crippen molar-refractivity contribution in [3.8, 4) is 5.75 Å². The van der Waals surface area contributed by atoms with E-state index in [9.17, 15) is 5.11 Å². The first kappa shape index (κ1) is 14.1. The third kappa shape index (κ3) is 1.70. The van der Waals surface area contributed by atoms with Crippen molar-refractivity contribution >= 4 is 5.57 Å². The van der Waals surface area contributed by atoms with Crippen molar-refractivity contribution in [3.05, 3.63) is 46.0 Å². The lowest BCUT2D eigenvalue weighted by Gasteiger charge is -2.41. The Labute approximate surface area is 132 Å². The summed E-state index contributed by atoms with van der Waals surface area (Å²) in [6.45, 7) is 4.42. The zero-order valence-corrected chi connectivity index (χ0v) is 13.7. The van der Waals surface area contributed by atoms with Gasteiger partial charge in [-0.3, -0.25) is 0 Å². The van der Waals surface area contributed by atoms with E-state index in [1.165, 1.54) is 33.4 Å². The summed E-state index contributed by atoms with van der Waals surface area (Å²) in [5.74, 6) is 0.999. The number of aliphatic hydroxyl groups is 1. The molecule has 0 saturated heterocycles. The summed E-state index contributed by atoms with van der Waals surface area (Å²) in [4.78, 5) is 0. The van der Waals surface area contributed by atoms with E-state index in [4.69, 9.17) is 4.74 Å². The predicted octanol–water partition coefficient (Wildman–Crippen LogP) is 4.19. The number of methoxy groups -OCH3 is 1. The number of hydrogen-bond acceptors (Lipinski definition) is 2. The number of fused-ring (bicyclic) bond motifs is 4. The molecular formula is C20H24O2. The molecule has 0 aromatic heterocycles. The second kappa shape index (κ2) is 4.73. The number of hydrogen-bond donors (Lipinski definition) is 1. The molecule has 3 aliphatic rings. The maximum atomic E-state index is 10.4. The molecule has 2 nitrogen and oxygen atoms in total. The van der Waals surface area contributed by atoms with Crippen molar-refractivity contribution in [2.24, 2.45) is 5.41 Å². The van der Waals surface area contributed by atoms with Gasteiger partial charge in [0.15, 0.2) is 0 Å². The van der Waals surface area contributed by atoms with E-state index >= 15 is 0 Å². The van der Waals surface area contributed by atoms with Crippen LogP contribution in [0, 0.1) is 12.3 Å². The molecule has 22 heavy (non-hydrogen) atoms. The Bertz CT molecular complexity index is 711. The average molecular weight is 296 g/mol. The molecule has 116 valence electrons. The molecule has 1 aromatic carbocycles. The summed E-state index contributed by atoms with van der Waals surface area (Å²) >= 11 is 0. The first-order valence-corrected chi connectivity index (χ1v) is 8.34. The fourth-order valence-electron chi connectivity index (χ4n) is 4.76. The van der Waals surface area contributed by atoms with Crippen LogP contribution < -0.4 is 4.74 Å². The SMILES string of the molecule is COc1ccc2c(c1C)CCC1=C2CC[C@]2(C)C1=CC[C@H]2O. The van der Waals surface area contributed by atoms with Crippen molar-refractivity contribution in [2.45, 2.75) is 52.1 Å². The monoisotopic (exact) mass is 296 g/mol. The van der Waals surface area contributed by atoms with E-state index < -0.39 is 0 Å². The number of ether oxygens (including phenoxy) is 1. The van der Waals surface area contributed by atoms with Gasteiger partial charge >= 0.3 is 0 Å². The highest BCUT2D eigenvalue weighted by Crippen LogP contribution is 2.55. The lowest BCUT2D eigenvalue weighted by molar-refractivity contribution is 0.0728. The van der Waals surface area contributed by atoms with Crippen LogP contribution in [0.3, 0.4) is 0 Å². The molecule has 0 spiro atoms. The second-order valence-electron chi connectivity index (χ2n) is 7.16. The van der Waals surface area contributed by atoms with Gasteiger partial charge in [-0.15, -0.1) is 0 Å². The Morgan fingerprint density at radius 2 is 2.00 bits per heavy atom. The second-order valence-corrected chi connectivity index (χ2v) is 7.16. The Hall–Kier alpha value is -1.54. The maximum Gasteiger partial charge on any atom is 0.122 e. The highest BCUT2D eigenvalue weighted by Gasteiger charge is 2.45. The molecule has 2 atom stereocenters. The molecule has 2 heteroatoms. The van der Waals surface area contributed by atoms with E-state index in [2.05, 4.69) is 32.1 Å². The number of benzene rings is 1. The molecule has 0 unspecified atom stereocenters. The average Bonchev–Trinajstić information content (AvgIpc) is 2.83. The molecule has 4 rings (SSSR count). The van der Waals surface area contributed by atoms with Crippen LogP contribution >= 0.6 is 0 Å². The minimum absolute atomic E-state index is 0.0160. The molecule has 3 aliphatic carbocycles. The largest absolute Gasteiger partial charge is 0.496 e. The Morgan fingerprint density at radius 3 is 2.77 bits per heavy atom. The van der Waals surface area contributed by atoms with Gasteiger partial charge in [0, 0.05) is 5.41 Å². The quantitative estimate of drug-likeness (QED) is 0.842. The van der Waals surface area contributed by atoms with Gasteiger partial charge < -0.3 is 9.84 Å². The van der Waals surface area contributed by atoms with Crippen LogP contribution in [-0.4, -0.2) is 18.3 Å². The normalized spacial score (nSPS) is 29.6. The minimum atomic E-state index is -0.199. The highest BCUT2D eigenvalue weighted by atomic mass is 16.5. The predicted molar refractivity (Wildman–Crippen MR) is 89.0 cm³/mol. The van der Waals surface area contributed by atoms with E-state index in [0.29, 0.717) is 0 Å². The molecular weight excluding hydrogens is 272 g/mol. The molecule has 0 bridgehead atoms. The van der Waals surface area contributed by atoms with Crippen molar-refractivity contribution in [2.75, 3.05) is 7.11 Å². The smallest absolute Gasteiger partial charge is 0.122 e. The van der Waals surface area contributed by atoms with Gasteiger partial charge in [-0.1, -0.05) is 19.1 Å². The molecule has 0 saturated carbocycles. The van der Waals surface area contributed by atoms with Crippen LogP contribution in [0.1, 0.15) is 49.3 Å². The summed E-state index contributed by atoms with van der Waals surface area (Å²) in [6, 6.07) is 4.35. The van der Waals surface area contributed by atoms with Crippen molar-refractivity contribution < 1.29 is 9.84 Å². The minimum Gasteiger partial charge on any atom is -0.496 e. The number of rotatable bonds is 1. The van der Waals surface area contributed by atoms with Gasteiger partial charge in [-0.2, -0.15) is 0 Å². The summed E-state index contributed by atoms with van der Waals surface area (Å²) in [6.07, 6.45) is 7.24. The Morgan fingerprint density at radius 1 is 1.18 bits per heavy atom. The number of aliphatic hydroxyl groups excluding tert-OH is 1. The van der Waals surface area contributed by atoms with Crippen LogP contribution in [0.2, 0.25) is 0 Å². The van der Waals surface area contributed by atoms with Gasteiger partial charge in [0.25, 0.3) is 0 Å². The first-order valence-electron chi connectivity index (χ1n) is 8.34. The standard InChI is InChI=1S/C20H24O2/c1-12-13-4-5-16-15(14(13)6-8-18(12)22-3)10-11-20(2)17(16)7-9-19(20)21/h6-8,19,21H,4-5,9-11H2,1-3H3/t19-,20-/m1/s1. The molecule has 1 N–H and O–H groups in total. The van der Waals surface area contributed by atoms with Crippen LogP contribution in [0.15, 0.2) is 29.4 Å². The van der Waals surface area contributed by atoms with Crippen LogP contribution in [0.5, 0.6) is 5.75 Å². The van der Waals surface area contributed by atoms with Gasteiger partial charge in [0.2, 0.25) is 0 Å². The van der Waals surface area contributed by atoms with E-state index in [1.54, 1.807) is 7.11 Å². The topological polar surface area (TPSA) is 29.5 Å². The third-order valence-electron chi connectivity index (χ3n) is 6.20. The van der Waals surface area contributed by atoms with Crippen LogP contribution in [0.25, 0.3) is 5.57 Å². The van der Waals surface area contributed by atoms with Gasteiger partial charge in [-0.05, 0) is 78.5 Å². The summed E-state index contributed by atoms with van der Waals surface area (Å²) in [5, 5.41) is 10.4. The van der Waals surface area contributed by atoms with Crippen molar-refractivity contribution in [3.63, 3.8) is 0 Å². The zero-order chi connectivity index (χ0) is 15.5. The highest BCUT2D eigenvalue weighted by molar-refractivity contribution is 5.80. The maximum absolute atomic E-state index is 10.4. The number of allylic oxidation sites excluding steroid dienone is 2. The lowest BCUT2D eigenvalue weighted by atomic mass is 9.65. The molecule has 0 amide bonds. The molecule has 0 fully saturated rings. The zero-order valence-electron chi connectivity index (χ0n) is 13.7. The lowest BCUT2D eigenvalue weighted by Crippen LogP contribution is -2.33. The van der Waals surface area contributed by atoms with Crippen LogP contribution in [0.4, 0.5) is 0 Å². The van der Waals surface area contributed by atoms with Gasteiger partial charge in [0.1, 0.15) is 5.75 Å². The third-order valence-corrected chi connectivity index (χ3v) is 6.20. The summed E-state index contributed by atoms with van der Waals surface area (Å²) in [7, 11) is 1.75.